The number of carbonyl (C=O) groups is 1. The molecule has 1 aliphatic carbocycles. The minimum atomic E-state index is -0.352. The van der Waals surface area contributed by atoms with E-state index in [0.717, 1.165) is 16.0 Å². The molecule has 0 fully saturated rings. The lowest BCUT2D eigenvalue weighted by Gasteiger charge is -2.14. The predicted octanol–water partition coefficient (Wildman–Crippen LogP) is 2.74. The van der Waals surface area contributed by atoms with Crippen LogP contribution in [0.2, 0.25) is 0 Å². The van der Waals surface area contributed by atoms with E-state index in [-0.39, 0.29) is 11.9 Å². The molecule has 0 saturated carbocycles. The molecule has 0 spiro atoms. The summed E-state index contributed by atoms with van der Waals surface area (Å²) < 4.78 is 4.88. The maximum absolute atomic E-state index is 12.0. The van der Waals surface area contributed by atoms with E-state index < -0.39 is 0 Å². The lowest BCUT2D eigenvalue weighted by molar-refractivity contribution is -0.136. The van der Waals surface area contributed by atoms with Crippen molar-refractivity contribution >= 4 is 23.0 Å². The van der Waals surface area contributed by atoms with Gasteiger partial charge in [0, 0.05) is 10.4 Å². The van der Waals surface area contributed by atoms with E-state index in [1.165, 1.54) is 7.11 Å². The molecule has 4 heteroatoms. The number of carbonyl (C=O) groups excluding carboxylic acids is 1. The van der Waals surface area contributed by atoms with E-state index in [2.05, 4.69) is 0 Å². The van der Waals surface area contributed by atoms with Crippen LogP contribution in [-0.2, 0) is 9.53 Å². The fraction of sp³-hybridized carbons (Fsp3) is 0.133. The molecule has 0 amide bonds. The van der Waals surface area contributed by atoms with Gasteiger partial charge >= 0.3 is 5.97 Å². The maximum atomic E-state index is 12.0. The number of ether oxygens (including phenoxy) is 1. The molecule has 0 radical (unpaired) electrons. The SMILES string of the molecule is COC(=O)C1=C(N)c2ccsc2C1c1ccccc1. The third-order valence-electron chi connectivity index (χ3n) is 3.36. The number of hydrogen-bond acceptors (Lipinski definition) is 4. The van der Waals surface area contributed by atoms with Crippen LogP contribution in [0.3, 0.4) is 0 Å². The number of fused-ring (bicyclic) bond motifs is 1. The average Bonchev–Trinajstić information content (AvgIpc) is 3.01. The Balaban J connectivity index is 2.19. The minimum Gasteiger partial charge on any atom is -0.466 e. The molecule has 0 saturated heterocycles. The zero-order chi connectivity index (χ0) is 13.4. The molecular weight excluding hydrogens is 258 g/mol. The molecular formula is C15H13NO2S. The van der Waals surface area contributed by atoms with Crippen molar-refractivity contribution < 1.29 is 9.53 Å². The molecule has 0 bridgehead atoms. The Hall–Kier alpha value is -2.07. The van der Waals surface area contributed by atoms with E-state index in [4.69, 9.17) is 10.5 Å². The monoisotopic (exact) mass is 271 g/mol. The van der Waals surface area contributed by atoms with Gasteiger partial charge in [-0.1, -0.05) is 30.3 Å². The minimum absolute atomic E-state index is 0.108. The number of benzene rings is 1. The second kappa shape index (κ2) is 4.55. The molecule has 19 heavy (non-hydrogen) atoms. The number of hydrogen-bond donors (Lipinski definition) is 1. The number of esters is 1. The molecule has 1 aromatic carbocycles. The number of thiophene rings is 1. The summed E-state index contributed by atoms with van der Waals surface area (Å²) in [5, 5.41) is 2.00. The van der Waals surface area contributed by atoms with Crippen molar-refractivity contribution in [3.63, 3.8) is 0 Å². The van der Waals surface area contributed by atoms with Gasteiger partial charge in [0.15, 0.2) is 0 Å². The summed E-state index contributed by atoms with van der Waals surface area (Å²) in [6, 6.07) is 11.9. The summed E-state index contributed by atoms with van der Waals surface area (Å²) in [6.07, 6.45) is 0. The lowest BCUT2D eigenvalue weighted by atomic mass is 9.93. The zero-order valence-electron chi connectivity index (χ0n) is 10.4. The number of nitrogens with two attached hydrogens (primary N) is 1. The summed E-state index contributed by atoms with van der Waals surface area (Å²) in [6.45, 7) is 0. The van der Waals surface area contributed by atoms with Crippen molar-refractivity contribution in [2.24, 2.45) is 5.73 Å². The smallest absolute Gasteiger partial charge is 0.336 e. The van der Waals surface area contributed by atoms with Crippen molar-refractivity contribution in [2.45, 2.75) is 5.92 Å². The summed E-state index contributed by atoms with van der Waals surface area (Å²) >= 11 is 1.62. The van der Waals surface area contributed by atoms with E-state index in [1.54, 1.807) is 11.3 Å². The molecule has 1 aliphatic rings. The van der Waals surface area contributed by atoms with E-state index in [1.807, 2.05) is 41.8 Å². The second-order valence-electron chi connectivity index (χ2n) is 4.36. The Labute approximate surface area is 115 Å². The first-order valence-corrected chi connectivity index (χ1v) is 6.82. The maximum Gasteiger partial charge on any atom is 0.336 e. The summed E-state index contributed by atoms with van der Waals surface area (Å²) in [5.41, 5.74) is 9.23. The standard InChI is InChI=1S/C15H13NO2S/c1-18-15(17)12-11(9-5-3-2-4-6-9)14-10(13(12)16)7-8-19-14/h2-8,11H,16H2,1H3. The first-order valence-electron chi connectivity index (χ1n) is 5.94. The lowest BCUT2D eigenvalue weighted by Crippen LogP contribution is -2.13. The number of rotatable bonds is 2. The zero-order valence-corrected chi connectivity index (χ0v) is 11.2. The molecule has 3 nitrogen and oxygen atoms in total. The van der Waals surface area contributed by atoms with Crippen LogP contribution in [0.15, 0.2) is 47.4 Å². The van der Waals surface area contributed by atoms with Crippen LogP contribution >= 0.6 is 11.3 Å². The molecule has 1 heterocycles. The van der Waals surface area contributed by atoms with Crippen LogP contribution < -0.4 is 5.73 Å². The molecule has 1 atom stereocenters. The van der Waals surface area contributed by atoms with Crippen LogP contribution in [0, 0.1) is 0 Å². The highest BCUT2D eigenvalue weighted by Crippen LogP contribution is 2.46. The van der Waals surface area contributed by atoms with Crippen molar-refractivity contribution in [1.82, 2.24) is 0 Å². The quantitative estimate of drug-likeness (QED) is 0.854. The fourth-order valence-electron chi connectivity index (χ4n) is 2.50. The first-order chi connectivity index (χ1) is 9.24. The van der Waals surface area contributed by atoms with Gasteiger partial charge in [-0.3, -0.25) is 0 Å². The molecule has 0 aliphatic heterocycles. The predicted molar refractivity (Wildman–Crippen MR) is 75.7 cm³/mol. The Morgan fingerprint density at radius 2 is 2.00 bits per heavy atom. The molecule has 1 unspecified atom stereocenters. The van der Waals surface area contributed by atoms with Crippen LogP contribution in [0.4, 0.5) is 0 Å². The number of methoxy groups -OCH3 is 1. The van der Waals surface area contributed by atoms with Gasteiger partial charge in [-0.2, -0.15) is 0 Å². The molecule has 2 N–H and O–H groups in total. The first kappa shape index (κ1) is 12.0. The van der Waals surface area contributed by atoms with Gasteiger partial charge in [0.25, 0.3) is 0 Å². The third kappa shape index (κ3) is 1.76. The third-order valence-corrected chi connectivity index (χ3v) is 4.35. The van der Waals surface area contributed by atoms with Gasteiger partial charge < -0.3 is 10.5 Å². The molecule has 1 aromatic heterocycles. The topological polar surface area (TPSA) is 52.3 Å². The Kier molecular flexibility index (Phi) is 2.87. The van der Waals surface area contributed by atoms with Gasteiger partial charge in [0.05, 0.1) is 24.3 Å². The highest BCUT2D eigenvalue weighted by Gasteiger charge is 2.36. The summed E-state index contributed by atoms with van der Waals surface area (Å²) in [4.78, 5) is 13.1. The normalized spacial score (nSPS) is 17.4. The van der Waals surface area contributed by atoms with E-state index in [0.29, 0.717) is 11.3 Å². The van der Waals surface area contributed by atoms with Crippen molar-refractivity contribution in [2.75, 3.05) is 7.11 Å². The van der Waals surface area contributed by atoms with Crippen molar-refractivity contribution in [3.05, 3.63) is 63.4 Å². The summed E-state index contributed by atoms with van der Waals surface area (Å²) in [7, 11) is 1.39. The largest absolute Gasteiger partial charge is 0.466 e. The van der Waals surface area contributed by atoms with Gasteiger partial charge in [-0.25, -0.2) is 4.79 Å². The van der Waals surface area contributed by atoms with E-state index >= 15 is 0 Å². The molecule has 3 rings (SSSR count). The fourth-order valence-corrected chi connectivity index (χ4v) is 3.55. The second-order valence-corrected chi connectivity index (χ2v) is 5.31. The van der Waals surface area contributed by atoms with Gasteiger partial charge in [-0.05, 0) is 17.0 Å². The van der Waals surface area contributed by atoms with Crippen LogP contribution in [-0.4, -0.2) is 13.1 Å². The molecule has 2 aromatic rings. The van der Waals surface area contributed by atoms with Gasteiger partial charge in [0.1, 0.15) is 0 Å². The summed E-state index contributed by atoms with van der Waals surface area (Å²) in [5.74, 6) is -0.460. The van der Waals surface area contributed by atoms with Gasteiger partial charge in [0.2, 0.25) is 0 Å². The Morgan fingerprint density at radius 3 is 2.68 bits per heavy atom. The van der Waals surface area contributed by atoms with Gasteiger partial charge in [-0.15, -0.1) is 11.3 Å². The highest BCUT2D eigenvalue weighted by molar-refractivity contribution is 7.10. The van der Waals surface area contributed by atoms with E-state index in [9.17, 15) is 4.79 Å². The van der Waals surface area contributed by atoms with Crippen molar-refractivity contribution in [1.29, 1.82) is 0 Å². The Morgan fingerprint density at radius 1 is 1.26 bits per heavy atom. The highest BCUT2D eigenvalue weighted by atomic mass is 32.1. The van der Waals surface area contributed by atoms with Crippen LogP contribution in [0.25, 0.3) is 5.70 Å². The van der Waals surface area contributed by atoms with Crippen molar-refractivity contribution in [3.8, 4) is 0 Å². The van der Waals surface area contributed by atoms with Crippen LogP contribution in [0.1, 0.15) is 21.9 Å². The average molecular weight is 271 g/mol. The molecule has 96 valence electrons. The van der Waals surface area contributed by atoms with Crippen LogP contribution in [0.5, 0.6) is 0 Å². The Bertz CT molecular complexity index is 658.